The van der Waals surface area contributed by atoms with Crippen LogP contribution in [0.3, 0.4) is 0 Å². The maximum Gasteiger partial charge on any atom is 0.166 e. The number of benzene rings is 4. The van der Waals surface area contributed by atoms with E-state index in [0.717, 1.165) is 23.8 Å². The first-order valence-electron chi connectivity index (χ1n) is 11.9. The molecular weight excluding hydrogens is 388 g/mol. The summed E-state index contributed by atoms with van der Waals surface area (Å²) >= 11 is 0. The van der Waals surface area contributed by atoms with Gasteiger partial charge in [-0.05, 0) is 57.9 Å². The summed E-state index contributed by atoms with van der Waals surface area (Å²) in [5.41, 5.74) is 5.39. The molecule has 0 aromatic heterocycles. The molecule has 1 fully saturated rings. The van der Waals surface area contributed by atoms with Gasteiger partial charge in [-0.1, -0.05) is 104 Å². The molecule has 1 nitrogen and oxygen atoms in total. The molecular formula is C31H28O. The Labute approximate surface area is 189 Å². The van der Waals surface area contributed by atoms with Crippen LogP contribution in [-0.4, -0.2) is 5.78 Å². The number of rotatable bonds is 5. The quantitative estimate of drug-likeness (QED) is 0.238. The molecule has 4 aromatic rings. The Hall–Kier alpha value is -3.19. The van der Waals surface area contributed by atoms with Crippen molar-refractivity contribution in [2.45, 2.75) is 32.6 Å². The first-order chi connectivity index (χ1) is 15.7. The highest BCUT2D eigenvalue weighted by Crippen LogP contribution is 2.68. The average Bonchev–Trinajstić information content (AvgIpc) is 3.47. The van der Waals surface area contributed by atoms with Gasteiger partial charge in [-0.3, -0.25) is 4.79 Å². The lowest BCUT2D eigenvalue weighted by Gasteiger charge is -2.21. The Balaban J connectivity index is 1.39. The number of carbonyl (C=O) groups is 1. The lowest BCUT2D eigenvalue weighted by molar-refractivity contribution is 0.0955. The van der Waals surface area contributed by atoms with E-state index in [9.17, 15) is 4.79 Å². The number of Topliss-reactive ketones (excluding diaryl/α,β-unsaturated/α-hetero) is 1. The van der Waals surface area contributed by atoms with Gasteiger partial charge >= 0.3 is 0 Å². The lowest BCUT2D eigenvalue weighted by atomic mass is 9.83. The van der Waals surface area contributed by atoms with Crippen molar-refractivity contribution in [3.05, 3.63) is 107 Å². The standard InChI is InChI=1S/C31H28O/c1-3-25-26(4-2)28-29(27(25)23-15-13-19-9-5-7-11-21(19)17-23)30(28)31(32)24-16-14-20-10-6-8-12-22(20)18-24/h5-18,27-30H,3-4H2,1-2H3/t27-,28+,29-,30-/m0/s1. The number of allylic oxidation sites excluding steroid dienone is 2. The summed E-state index contributed by atoms with van der Waals surface area (Å²) in [4.78, 5) is 13.7. The predicted molar refractivity (Wildman–Crippen MR) is 133 cm³/mol. The number of hydrogen-bond acceptors (Lipinski definition) is 1. The fourth-order valence-corrected chi connectivity index (χ4v) is 6.45. The van der Waals surface area contributed by atoms with Crippen LogP contribution >= 0.6 is 0 Å². The van der Waals surface area contributed by atoms with Gasteiger partial charge in [-0.15, -0.1) is 0 Å². The van der Waals surface area contributed by atoms with E-state index in [2.05, 4.69) is 80.6 Å². The Morgan fingerprint density at radius 2 is 1.28 bits per heavy atom. The maximum atomic E-state index is 13.7. The molecule has 32 heavy (non-hydrogen) atoms. The molecule has 2 aliphatic carbocycles. The Kier molecular flexibility index (Phi) is 4.54. The van der Waals surface area contributed by atoms with E-state index in [0.29, 0.717) is 23.5 Å². The van der Waals surface area contributed by atoms with Gasteiger partial charge in [0.25, 0.3) is 0 Å². The lowest BCUT2D eigenvalue weighted by Crippen LogP contribution is -2.12. The summed E-state index contributed by atoms with van der Waals surface area (Å²) in [5, 5.41) is 4.91. The van der Waals surface area contributed by atoms with Crippen LogP contribution in [-0.2, 0) is 0 Å². The predicted octanol–water partition coefficient (Wildman–Crippen LogP) is 7.95. The minimum atomic E-state index is 0.123. The molecule has 0 amide bonds. The van der Waals surface area contributed by atoms with Crippen molar-refractivity contribution in [3.63, 3.8) is 0 Å². The normalized spacial score (nSPS) is 24.2. The van der Waals surface area contributed by atoms with Crippen LogP contribution in [0.4, 0.5) is 0 Å². The van der Waals surface area contributed by atoms with E-state index in [1.807, 2.05) is 18.2 Å². The summed E-state index contributed by atoms with van der Waals surface area (Å²) < 4.78 is 0. The average molecular weight is 417 g/mol. The molecule has 4 atom stereocenters. The largest absolute Gasteiger partial charge is 0.294 e. The van der Waals surface area contributed by atoms with Gasteiger partial charge in [0.1, 0.15) is 0 Å². The molecule has 0 spiro atoms. The zero-order chi connectivity index (χ0) is 21.8. The third-order valence-corrected chi connectivity index (χ3v) is 7.88. The molecule has 0 bridgehead atoms. The number of hydrogen-bond donors (Lipinski definition) is 0. The second-order valence-corrected chi connectivity index (χ2v) is 9.40. The number of ketones is 1. The van der Waals surface area contributed by atoms with Crippen molar-refractivity contribution in [1.82, 2.24) is 0 Å². The summed E-state index contributed by atoms with van der Waals surface area (Å²) in [5.74, 6) is 1.67. The summed E-state index contributed by atoms with van der Waals surface area (Å²) in [6, 6.07) is 30.0. The van der Waals surface area contributed by atoms with E-state index >= 15 is 0 Å². The number of carbonyl (C=O) groups excluding carboxylic acids is 1. The fourth-order valence-electron chi connectivity index (χ4n) is 6.45. The third-order valence-electron chi connectivity index (χ3n) is 7.88. The van der Waals surface area contributed by atoms with Crippen molar-refractivity contribution in [2.75, 3.05) is 0 Å². The van der Waals surface area contributed by atoms with Crippen molar-refractivity contribution in [3.8, 4) is 0 Å². The Morgan fingerprint density at radius 3 is 1.94 bits per heavy atom. The van der Waals surface area contributed by atoms with Crippen LogP contribution in [0.5, 0.6) is 0 Å². The molecule has 0 saturated heterocycles. The van der Waals surface area contributed by atoms with Gasteiger partial charge < -0.3 is 0 Å². The van der Waals surface area contributed by atoms with Gasteiger partial charge in [0.2, 0.25) is 0 Å². The van der Waals surface area contributed by atoms with Crippen LogP contribution < -0.4 is 0 Å². The van der Waals surface area contributed by atoms with Crippen molar-refractivity contribution < 1.29 is 4.79 Å². The van der Waals surface area contributed by atoms with Gasteiger partial charge in [-0.25, -0.2) is 0 Å². The minimum absolute atomic E-state index is 0.123. The summed E-state index contributed by atoms with van der Waals surface area (Å²) in [6.45, 7) is 4.55. The molecule has 158 valence electrons. The van der Waals surface area contributed by atoms with Crippen LogP contribution in [0.25, 0.3) is 21.5 Å². The molecule has 1 heteroatoms. The molecule has 1 saturated carbocycles. The van der Waals surface area contributed by atoms with Gasteiger partial charge in [0, 0.05) is 17.4 Å². The van der Waals surface area contributed by atoms with Crippen LogP contribution in [0.15, 0.2) is 96.1 Å². The first kappa shape index (κ1) is 19.5. The van der Waals surface area contributed by atoms with Crippen LogP contribution in [0.1, 0.15) is 48.5 Å². The highest BCUT2D eigenvalue weighted by molar-refractivity contribution is 6.03. The second kappa shape index (κ2) is 7.45. The second-order valence-electron chi connectivity index (χ2n) is 9.40. The topological polar surface area (TPSA) is 17.1 Å². The highest BCUT2D eigenvalue weighted by atomic mass is 16.1. The third kappa shape index (κ3) is 2.88. The fraction of sp³-hybridized carbons (Fsp3) is 0.258. The molecule has 0 aliphatic heterocycles. The van der Waals surface area contributed by atoms with E-state index < -0.39 is 0 Å². The van der Waals surface area contributed by atoms with Crippen molar-refractivity contribution >= 4 is 27.3 Å². The van der Waals surface area contributed by atoms with E-state index in [1.54, 1.807) is 11.1 Å². The van der Waals surface area contributed by atoms with Gasteiger partial charge in [0.05, 0.1) is 0 Å². The summed E-state index contributed by atoms with van der Waals surface area (Å²) in [7, 11) is 0. The Bertz CT molecular complexity index is 1390. The summed E-state index contributed by atoms with van der Waals surface area (Å²) in [6.07, 6.45) is 2.13. The molecule has 0 radical (unpaired) electrons. The molecule has 4 aromatic carbocycles. The molecule has 2 aliphatic rings. The zero-order valence-corrected chi connectivity index (χ0v) is 18.7. The van der Waals surface area contributed by atoms with E-state index in [-0.39, 0.29) is 5.92 Å². The van der Waals surface area contributed by atoms with Crippen molar-refractivity contribution in [1.29, 1.82) is 0 Å². The monoisotopic (exact) mass is 416 g/mol. The molecule has 0 N–H and O–H groups in total. The van der Waals surface area contributed by atoms with Crippen LogP contribution in [0, 0.1) is 17.8 Å². The zero-order valence-electron chi connectivity index (χ0n) is 18.7. The minimum Gasteiger partial charge on any atom is -0.294 e. The molecule has 6 rings (SSSR count). The molecule has 0 unspecified atom stereocenters. The SMILES string of the molecule is CCC1=C(CC)[C@H](c2ccc3ccccc3c2)[C@@H]2[C@@H](C(=O)c3ccc4ccccc4c3)[C@H]12. The van der Waals surface area contributed by atoms with Crippen molar-refractivity contribution in [2.24, 2.45) is 17.8 Å². The molecule has 0 heterocycles. The smallest absolute Gasteiger partial charge is 0.166 e. The Morgan fingerprint density at radius 1 is 0.688 bits per heavy atom. The highest BCUT2D eigenvalue weighted by Gasteiger charge is 2.63. The number of fused-ring (bicyclic) bond motifs is 3. The van der Waals surface area contributed by atoms with E-state index in [4.69, 9.17) is 0 Å². The van der Waals surface area contributed by atoms with Gasteiger partial charge in [0.15, 0.2) is 5.78 Å². The maximum absolute atomic E-state index is 13.7. The van der Waals surface area contributed by atoms with E-state index in [1.165, 1.54) is 21.7 Å². The first-order valence-corrected chi connectivity index (χ1v) is 11.9. The van der Waals surface area contributed by atoms with Crippen LogP contribution in [0.2, 0.25) is 0 Å². The van der Waals surface area contributed by atoms with Gasteiger partial charge in [-0.2, -0.15) is 0 Å².